The number of nitrogens with one attached hydrogen (secondary N) is 2. The summed E-state index contributed by atoms with van der Waals surface area (Å²) in [5.41, 5.74) is 0.290. The number of hydrogen-bond donors (Lipinski definition) is 2. The molecule has 140 valence electrons. The van der Waals surface area contributed by atoms with Gasteiger partial charge in [-0.2, -0.15) is 18.3 Å². The topological polar surface area (TPSA) is 85.0 Å². The van der Waals surface area contributed by atoms with Crippen molar-refractivity contribution in [3.05, 3.63) is 60.4 Å². The molecule has 3 aromatic rings. The maximum atomic E-state index is 13.6. The largest absolute Gasteiger partial charge is 0.467 e. The fraction of sp³-hybridized carbons (Fsp3) is 0.235. The number of carbonyl (C=O) groups excluding carboxylic acids is 1. The van der Waals surface area contributed by atoms with Gasteiger partial charge in [0.1, 0.15) is 11.6 Å². The highest BCUT2D eigenvalue weighted by molar-refractivity contribution is 6.03. The van der Waals surface area contributed by atoms with Crippen LogP contribution in [0, 0.1) is 0 Å². The van der Waals surface area contributed by atoms with Crippen LogP contribution in [0.25, 0.3) is 0 Å². The Morgan fingerprint density at radius 3 is 2.85 bits per heavy atom. The zero-order valence-corrected chi connectivity index (χ0v) is 13.8. The number of pyridine rings is 1. The molecule has 4 heterocycles. The number of anilines is 2. The minimum absolute atomic E-state index is 0.0984. The molecule has 0 spiro atoms. The monoisotopic (exact) mass is 377 g/mol. The van der Waals surface area contributed by atoms with Crippen molar-refractivity contribution in [1.82, 2.24) is 14.8 Å². The molecule has 1 aliphatic rings. The molecule has 7 nitrogen and oxygen atoms in total. The van der Waals surface area contributed by atoms with Gasteiger partial charge in [-0.25, -0.2) is 4.68 Å². The fourth-order valence-electron chi connectivity index (χ4n) is 2.99. The van der Waals surface area contributed by atoms with Crippen LogP contribution < -0.4 is 10.6 Å². The molecule has 1 amide bonds. The molecular weight excluding hydrogens is 363 g/mol. The van der Waals surface area contributed by atoms with Crippen LogP contribution >= 0.6 is 0 Å². The lowest BCUT2D eigenvalue weighted by Gasteiger charge is -2.32. The molecule has 10 heteroatoms. The Morgan fingerprint density at radius 2 is 2.19 bits per heavy atom. The predicted molar refractivity (Wildman–Crippen MR) is 89.2 cm³/mol. The number of carbonyl (C=O) groups is 1. The van der Waals surface area contributed by atoms with Crippen molar-refractivity contribution >= 4 is 17.4 Å². The molecule has 0 aromatic carbocycles. The molecule has 0 saturated heterocycles. The lowest BCUT2D eigenvalue weighted by atomic mass is 10.0. The molecule has 0 fully saturated rings. The van der Waals surface area contributed by atoms with Crippen LogP contribution in [0.1, 0.15) is 34.8 Å². The summed E-state index contributed by atoms with van der Waals surface area (Å²) < 4.78 is 46.7. The molecule has 3 aromatic heterocycles. The Morgan fingerprint density at radius 1 is 1.33 bits per heavy atom. The van der Waals surface area contributed by atoms with Crippen molar-refractivity contribution in [2.75, 3.05) is 10.6 Å². The first-order valence-corrected chi connectivity index (χ1v) is 8.09. The molecule has 2 atom stereocenters. The van der Waals surface area contributed by atoms with Gasteiger partial charge >= 0.3 is 6.18 Å². The van der Waals surface area contributed by atoms with Crippen LogP contribution in [-0.4, -0.2) is 26.8 Å². The molecule has 0 aliphatic carbocycles. The number of hydrogen-bond acceptors (Lipinski definition) is 5. The van der Waals surface area contributed by atoms with Gasteiger partial charge in [-0.05, 0) is 24.3 Å². The quantitative estimate of drug-likeness (QED) is 0.726. The summed E-state index contributed by atoms with van der Waals surface area (Å²) in [5.74, 6) is -0.137. The maximum absolute atomic E-state index is 13.6. The van der Waals surface area contributed by atoms with Crippen LogP contribution in [0.3, 0.4) is 0 Å². The highest BCUT2D eigenvalue weighted by Gasteiger charge is 2.47. The zero-order valence-electron chi connectivity index (χ0n) is 13.8. The maximum Gasteiger partial charge on any atom is 0.410 e. The highest BCUT2D eigenvalue weighted by Crippen LogP contribution is 2.43. The molecular formula is C17H14F3N5O2. The molecule has 0 unspecified atom stereocenters. The number of alkyl halides is 3. The van der Waals surface area contributed by atoms with Gasteiger partial charge in [-0.3, -0.25) is 9.78 Å². The van der Waals surface area contributed by atoms with E-state index in [1.807, 2.05) is 0 Å². The highest BCUT2D eigenvalue weighted by atomic mass is 19.4. The van der Waals surface area contributed by atoms with Crippen molar-refractivity contribution < 1.29 is 22.4 Å². The fourth-order valence-corrected chi connectivity index (χ4v) is 2.99. The first-order valence-electron chi connectivity index (χ1n) is 8.09. The van der Waals surface area contributed by atoms with E-state index in [4.69, 9.17) is 4.42 Å². The van der Waals surface area contributed by atoms with Gasteiger partial charge < -0.3 is 15.1 Å². The zero-order chi connectivity index (χ0) is 19.0. The number of aromatic nitrogens is 3. The van der Waals surface area contributed by atoms with E-state index in [9.17, 15) is 18.0 Å². The first kappa shape index (κ1) is 17.1. The van der Waals surface area contributed by atoms with Crippen molar-refractivity contribution in [2.45, 2.75) is 24.7 Å². The second-order valence-electron chi connectivity index (χ2n) is 6.06. The van der Waals surface area contributed by atoms with Crippen molar-refractivity contribution in [2.24, 2.45) is 0 Å². The standard InChI is InChI=1S/C17H14F3N5O2/c18-17(19,20)14-7-11(13-4-2-6-27-13)23-15-8-12(24-25(14)15)16(26)22-10-3-1-5-21-9-10/h1-6,8-9,11,14,23H,7H2,(H,22,26)/t11-,14-/m1/s1. The average molecular weight is 377 g/mol. The number of nitrogens with zero attached hydrogens (tertiary/aromatic N) is 3. The van der Waals surface area contributed by atoms with Crippen LogP contribution in [0.2, 0.25) is 0 Å². The normalized spacial score (nSPS) is 19.2. The summed E-state index contributed by atoms with van der Waals surface area (Å²) in [6, 6.07) is 5.20. The number of halogens is 3. The second kappa shape index (κ2) is 6.45. The molecule has 0 radical (unpaired) electrons. The molecule has 1 aliphatic heterocycles. The number of amides is 1. The minimum Gasteiger partial charge on any atom is -0.467 e. The van der Waals surface area contributed by atoms with Gasteiger partial charge in [0.2, 0.25) is 0 Å². The second-order valence-corrected chi connectivity index (χ2v) is 6.06. The third kappa shape index (κ3) is 3.37. The van der Waals surface area contributed by atoms with E-state index in [-0.39, 0.29) is 17.9 Å². The summed E-state index contributed by atoms with van der Waals surface area (Å²) in [6.07, 6.45) is -0.451. The van der Waals surface area contributed by atoms with E-state index in [1.165, 1.54) is 24.7 Å². The number of furan rings is 1. The van der Waals surface area contributed by atoms with Crippen LogP contribution in [0.15, 0.2) is 53.4 Å². The van der Waals surface area contributed by atoms with Gasteiger partial charge in [-0.15, -0.1) is 0 Å². The van der Waals surface area contributed by atoms with Crippen LogP contribution in [0.5, 0.6) is 0 Å². The number of fused-ring (bicyclic) bond motifs is 1. The SMILES string of the molecule is O=C(Nc1cccnc1)c1cc2n(n1)[C@@H](C(F)(F)F)C[C@H](c1ccco1)N2. The minimum atomic E-state index is -4.52. The van der Waals surface area contributed by atoms with Crippen molar-refractivity contribution in [1.29, 1.82) is 0 Å². The van der Waals surface area contributed by atoms with Crippen molar-refractivity contribution in [3.63, 3.8) is 0 Å². The Labute approximate surface area is 151 Å². The molecule has 0 saturated carbocycles. The van der Waals surface area contributed by atoms with Gasteiger partial charge in [-0.1, -0.05) is 0 Å². The lowest BCUT2D eigenvalue weighted by Crippen LogP contribution is -2.35. The Kier molecular flexibility index (Phi) is 4.09. The van der Waals surface area contributed by atoms with E-state index >= 15 is 0 Å². The smallest absolute Gasteiger partial charge is 0.410 e. The van der Waals surface area contributed by atoms with Crippen molar-refractivity contribution in [3.8, 4) is 0 Å². The lowest BCUT2D eigenvalue weighted by molar-refractivity contribution is -0.174. The first-order chi connectivity index (χ1) is 12.9. The average Bonchev–Trinajstić information content (AvgIpc) is 3.30. The number of rotatable bonds is 3. The van der Waals surface area contributed by atoms with Gasteiger partial charge in [0.15, 0.2) is 11.7 Å². The van der Waals surface area contributed by atoms with E-state index in [1.54, 1.807) is 24.3 Å². The van der Waals surface area contributed by atoms with E-state index in [0.29, 0.717) is 11.4 Å². The molecule has 4 rings (SSSR count). The Balaban J connectivity index is 1.64. The summed E-state index contributed by atoms with van der Waals surface area (Å²) in [5, 5.41) is 9.39. The van der Waals surface area contributed by atoms with E-state index in [2.05, 4.69) is 20.7 Å². The molecule has 27 heavy (non-hydrogen) atoms. The van der Waals surface area contributed by atoms with Crippen LogP contribution in [-0.2, 0) is 0 Å². The summed E-state index contributed by atoms with van der Waals surface area (Å²) in [4.78, 5) is 16.2. The molecule has 0 bridgehead atoms. The van der Waals surface area contributed by atoms with E-state index in [0.717, 1.165) is 4.68 Å². The van der Waals surface area contributed by atoms with Crippen LogP contribution in [0.4, 0.5) is 24.7 Å². The summed E-state index contributed by atoms with van der Waals surface area (Å²) >= 11 is 0. The van der Waals surface area contributed by atoms with Gasteiger partial charge in [0, 0.05) is 18.7 Å². The summed E-state index contributed by atoms with van der Waals surface area (Å²) in [7, 11) is 0. The van der Waals surface area contributed by atoms with Gasteiger partial charge in [0.05, 0.1) is 24.2 Å². The van der Waals surface area contributed by atoms with E-state index < -0.39 is 24.2 Å². The van der Waals surface area contributed by atoms with Gasteiger partial charge in [0.25, 0.3) is 5.91 Å². The predicted octanol–water partition coefficient (Wildman–Crippen LogP) is 3.78. The third-order valence-electron chi connectivity index (χ3n) is 4.23. The third-order valence-corrected chi connectivity index (χ3v) is 4.23. The summed E-state index contributed by atoms with van der Waals surface area (Å²) in [6.45, 7) is 0. The Hall–Kier alpha value is -3.30. The Bertz CT molecular complexity index is 937. The molecule has 2 N–H and O–H groups in total.